The molecule has 33 heavy (non-hydrogen) atoms. The Kier molecular flexibility index (Phi) is 8.22. The molecule has 3 unspecified atom stereocenters. The second kappa shape index (κ2) is 11.1. The van der Waals surface area contributed by atoms with Crippen molar-refractivity contribution < 1.29 is 14.5 Å². The molecule has 176 valence electrons. The van der Waals surface area contributed by atoms with Gasteiger partial charge >= 0.3 is 0 Å². The summed E-state index contributed by atoms with van der Waals surface area (Å²) < 4.78 is 5.10. The summed E-state index contributed by atoms with van der Waals surface area (Å²) in [6, 6.07) is 6.58. The molecule has 0 spiro atoms. The molecule has 0 saturated heterocycles. The summed E-state index contributed by atoms with van der Waals surface area (Å²) in [5, 5.41) is 15.2. The van der Waals surface area contributed by atoms with E-state index in [1.807, 2.05) is 32.2 Å². The molecule has 1 fully saturated rings. The van der Waals surface area contributed by atoms with E-state index in [1.165, 1.54) is 16.8 Å². The number of oxime groups is 1. The number of allylic oxidation sites excluding steroid dienone is 5. The van der Waals surface area contributed by atoms with Crippen molar-refractivity contribution in [1.82, 2.24) is 0 Å². The average molecular weight is 452 g/mol. The van der Waals surface area contributed by atoms with E-state index >= 15 is 0 Å². The van der Waals surface area contributed by atoms with Crippen molar-refractivity contribution >= 4 is 11.4 Å². The second-order valence-corrected chi connectivity index (χ2v) is 8.57. The Morgan fingerprint density at radius 1 is 1.45 bits per heavy atom. The highest BCUT2D eigenvalue weighted by atomic mass is 16.8. The molecule has 1 aliphatic carbocycles. The van der Waals surface area contributed by atoms with E-state index in [1.54, 1.807) is 13.2 Å². The van der Waals surface area contributed by atoms with Crippen molar-refractivity contribution in [2.75, 3.05) is 25.6 Å². The number of hydrogen-bond donors (Lipinski definition) is 0. The topological polar surface area (TPSA) is 77.2 Å². The van der Waals surface area contributed by atoms with Gasteiger partial charge in [-0.05, 0) is 35.6 Å². The molecule has 7 heteroatoms. The number of nitro groups is 1. The van der Waals surface area contributed by atoms with Crippen LogP contribution in [-0.4, -0.2) is 37.6 Å². The Bertz CT molecular complexity index is 1010. The molecule has 0 radical (unpaired) electrons. The highest BCUT2D eigenvalue weighted by Gasteiger charge is 2.45. The van der Waals surface area contributed by atoms with Crippen molar-refractivity contribution in [3.63, 3.8) is 0 Å². The van der Waals surface area contributed by atoms with Gasteiger partial charge in [-0.3, -0.25) is 10.1 Å². The zero-order valence-electron chi connectivity index (χ0n) is 19.9. The number of fused-ring (bicyclic) bond motifs is 1. The first-order chi connectivity index (χ1) is 15.8. The number of ether oxygens (including phenoxy) is 1. The number of methoxy groups -OCH3 is 1. The summed E-state index contributed by atoms with van der Waals surface area (Å²) in [5.41, 5.74) is 6.66. The molecule has 0 amide bonds. The van der Waals surface area contributed by atoms with E-state index in [0.717, 1.165) is 29.7 Å². The maximum Gasteiger partial charge on any atom is 0.225 e. The fourth-order valence-corrected chi connectivity index (χ4v) is 4.10. The number of hydrogen-bond acceptors (Lipinski definition) is 6. The smallest absolute Gasteiger partial charge is 0.225 e. The van der Waals surface area contributed by atoms with Gasteiger partial charge in [-0.1, -0.05) is 48.5 Å². The van der Waals surface area contributed by atoms with Gasteiger partial charge in [-0.25, -0.2) is 0 Å². The SMILES string of the molecule is C=CCC/C(=C\C=C\C1=CN(C)c2ccc(C3/C(=N/OC(C)OC)C3C)cc2C1)C[N+](=O)[O-]. The first-order valence-corrected chi connectivity index (χ1v) is 11.3. The average Bonchev–Trinajstić information content (AvgIpc) is 3.43. The third-order valence-corrected chi connectivity index (χ3v) is 6.06. The van der Waals surface area contributed by atoms with Gasteiger partial charge in [0.25, 0.3) is 0 Å². The molecule has 3 atom stereocenters. The molecule has 1 aliphatic heterocycles. The molecule has 0 bridgehead atoms. The predicted molar refractivity (Wildman–Crippen MR) is 132 cm³/mol. The van der Waals surface area contributed by atoms with Gasteiger partial charge in [0, 0.05) is 61.7 Å². The summed E-state index contributed by atoms with van der Waals surface area (Å²) in [5.74, 6) is 0.621. The van der Waals surface area contributed by atoms with Gasteiger partial charge in [0.15, 0.2) is 0 Å². The molecule has 0 aromatic heterocycles. The standard InChI is InChI=1S/C26H33N3O4/c1-6-7-9-20(17-29(30)31)10-8-11-21-14-23-15-22(12-13-24(23)28(4)16-21)25-18(2)26(25)27-33-19(3)32-5/h6,8,10-13,15-16,18-19,25H,1,7,9,14,17H2,2-5H3/b11-8+,20-10+,27-26+. The lowest BCUT2D eigenvalue weighted by Gasteiger charge is -2.25. The fraction of sp³-hybridized carbons (Fsp3) is 0.423. The van der Waals surface area contributed by atoms with Crippen LogP contribution in [0.25, 0.3) is 0 Å². The zero-order chi connectivity index (χ0) is 24.0. The highest BCUT2D eigenvalue weighted by Crippen LogP contribution is 2.45. The van der Waals surface area contributed by atoms with Crippen molar-refractivity contribution in [2.45, 2.75) is 45.3 Å². The molecule has 1 saturated carbocycles. The van der Waals surface area contributed by atoms with Crippen molar-refractivity contribution in [3.05, 3.63) is 87.7 Å². The third kappa shape index (κ3) is 6.42. The van der Waals surface area contributed by atoms with E-state index in [9.17, 15) is 10.1 Å². The Labute approximate surface area is 195 Å². The van der Waals surface area contributed by atoms with Crippen molar-refractivity contribution in [3.8, 4) is 0 Å². The number of rotatable bonds is 11. The summed E-state index contributed by atoms with van der Waals surface area (Å²) in [7, 11) is 3.63. The van der Waals surface area contributed by atoms with Gasteiger partial charge < -0.3 is 14.5 Å². The van der Waals surface area contributed by atoms with Crippen LogP contribution < -0.4 is 4.90 Å². The van der Waals surface area contributed by atoms with Gasteiger partial charge in [0.2, 0.25) is 12.8 Å². The third-order valence-electron chi connectivity index (χ3n) is 6.06. The zero-order valence-corrected chi connectivity index (χ0v) is 19.9. The Morgan fingerprint density at radius 3 is 2.94 bits per heavy atom. The highest BCUT2D eigenvalue weighted by molar-refractivity contribution is 6.08. The summed E-state index contributed by atoms with van der Waals surface area (Å²) in [4.78, 5) is 18.1. The molecule has 1 heterocycles. The largest absolute Gasteiger partial charge is 0.364 e. The molecular weight excluding hydrogens is 418 g/mol. The monoisotopic (exact) mass is 451 g/mol. The fourth-order valence-electron chi connectivity index (χ4n) is 4.10. The van der Waals surface area contributed by atoms with Crippen LogP contribution in [0.3, 0.4) is 0 Å². The van der Waals surface area contributed by atoms with Crippen LogP contribution in [0.4, 0.5) is 5.69 Å². The van der Waals surface area contributed by atoms with Crippen LogP contribution in [0.5, 0.6) is 0 Å². The lowest BCUT2D eigenvalue weighted by Crippen LogP contribution is -2.16. The predicted octanol–water partition coefficient (Wildman–Crippen LogP) is 5.39. The molecule has 0 N–H and O–H groups in total. The minimum Gasteiger partial charge on any atom is -0.364 e. The van der Waals surface area contributed by atoms with E-state index in [2.05, 4.69) is 48.0 Å². The number of anilines is 1. The summed E-state index contributed by atoms with van der Waals surface area (Å²) in [6.45, 7) is 7.54. The van der Waals surface area contributed by atoms with E-state index < -0.39 is 0 Å². The van der Waals surface area contributed by atoms with Crippen LogP contribution >= 0.6 is 0 Å². The number of nitrogens with zero attached hydrogens (tertiary/aromatic N) is 3. The molecule has 7 nitrogen and oxygen atoms in total. The molecule has 1 aromatic rings. The van der Waals surface area contributed by atoms with Gasteiger partial charge in [0.05, 0.1) is 5.71 Å². The van der Waals surface area contributed by atoms with Crippen LogP contribution in [0.1, 0.15) is 43.7 Å². The van der Waals surface area contributed by atoms with Gasteiger partial charge in [0.1, 0.15) is 0 Å². The Morgan fingerprint density at radius 2 is 2.24 bits per heavy atom. The number of benzene rings is 1. The van der Waals surface area contributed by atoms with Crippen molar-refractivity contribution in [2.24, 2.45) is 11.1 Å². The Hall–Kier alpha value is -3.19. The summed E-state index contributed by atoms with van der Waals surface area (Å²) in [6.07, 6.45) is 11.5. The van der Waals surface area contributed by atoms with Crippen LogP contribution in [0, 0.1) is 16.0 Å². The maximum atomic E-state index is 10.9. The van der Waals surface area contributed by atoms with Crippen molar-refractivity contribution in [1.29, 1.82) is 0 Å². The lowest BCUT2D eigenvalue weighted by molar-refractivity contribution is -0.471. The van der Waals surface area contributed by atoms with Crippen LogP contribution in [0.15, 0.2) is 71.6 Å². The van der Waals surface area contributed by atoms with E-state index in [4.69, 9.17) is 9.57 Å². The minimum atomic E-state index is -0.362. The normalized spacial score (nSPS) is 22.2. The molecule has 1 aromatic carbocycles. The Balaban J connectivity index is 1.72. The maximum absolute atomic E-state index is 10.9. The first kappa shape index (κ1) is 24.5. The molecule has 2 aliphatic rings. The first-order valence-electron chi connectivity index (χ1n) is 11.3. The quantitative estimate of drug-likeness (QED) is 0.148. The van der Waals surface area contributed by atoms with E-state index in [0.29, 0.717) is 12.3 Å². The second-order valence-electron chi connectivity index (χ2n) is 8.57. The van der Waals surface area contributed by atoms with Crippen LogP contribution in [0.2, 0.25) is 0 Å². The lowest BCUT2D eigenvalue weighted by atomic mass is 9.95. The van der Waals surface area contributed by atoms with Gasteiger partial charge in [-0.2, -0.15) is 0 Å². The van der Waals surface area contributed by atoms with Gasteiger partial charge in [-0.15, -0.1) is 6.58 Å². The minimum absolute atomic E-state index is 0.139. The summed E-state index contributed by atoms with van der Waals surface area (Å²) >= 11 is 0. The molecule has 3 rings (SSSR count). The van der Waals surface area contributed by atoms with Crippen LogP contribution in [-0.2, 0) is 16.0 Å². The molecular formula is C26H33N3O4. The van der Waals surface area contributed by atoms with E-state index in [-0.39, 0.29) is 23.7 Å².